The third kappa shape index (κ3) is 5.86. The van der Waals surface area contributed by atoms with Crippen LogP contribution in [0.5, 0.6) is 0 Å². The highest BCUT2D eigenvalue weighted by atomic mass is 35.5. The Hall–Kier alpha value is -1.49. The van der Waals surface area contributed by atoms with E-state index in [0.717, 1.165) is 12.1 Å². The zero-order chi connectivity index (χ0) is 17.5. The zero-order valence-electron chi connectivity index (χ0n) is 14.3. The van der Waals surface area contributed by atoms with Gasteiger partial charge in [-0.05, 0) is 55.6 Å². The number of benzene rings is 2. The lowest BCUT2D eigenvalue weighted by atomic mass is 10.1. The molecule has 1 atom stereocenters. The number of likely N-dealkylation sites (N-methyl/N-ethyl adjacent to an activating group) is 1. The van der Waals surface area contributed by atoms with Gasteiger partial charge in [-0.15, -0.1) is 11.8 Å². The van der Waals surface area contributed by atoms with E-state index in [1.54, 1.807) is 11.8 Å². The molecule has 0 saturated heterocycles. The number of hydrogen-bond donors (Lipinski definition) is 1. The Morgan fingerprint density at radius 2 is 1.96 bits per heavy atom. The van der Waals surface area contributed by atoms with E-state index in [4.69, 9.17) is 11.6 Å². The highest BCUT2D eigenvalue weighted by molar-refractivity contribution is 7.98. The Labute approximate surface area is 153 Å². The van der Waals surface area contributed by atoms with Gasteiger partial charge in [0.25, 0.3) is 0 Å². The molecule has 0 heterocycles. The molecule has 0 radical (unpaired) electrons. The summed E-state index contributed by atoms with van der Waals surface area (Å²) in [5, 5.41) is 3.70. The number of rotatable bonds is 7. The van der Waals surface area contributed by atoms with Crippen LogP contribution in [0.4, 0.5) is 0 Å². The van der Waals surface area contributed by atoms with Gasteiger partial charge in [0.1, 0.15) is 0 Å². The monoisotopic (exact) mass is 362 g/mol. The van der Waals surface area contributed by atoms with E-state index in [1.807, 2.05) is 43.1 Å². The molecular weight excluding hydrogens is 340 g/mol. The summed E-state index contributed by atoms with van der Waals surface area (Å²) in [6.07, 6.45) is 2.06. The summed E-state index contributed by atoms with van der Waals surface area (Å²) in [4.78, 5) is 15.5. The lowest BCUT2D eigenvalue weighted by Gasteiger charge is -2.19. The molecule has 0 unspecified atom stereocenters. The molecule has 2 aromatic carbocycles. The average Bonchev–Trinajstić information content (AvgIpc) is 2.55. The first-order valence-corrected chi connectivity index (χ1v) is 9.44. The van der Waals surface area contributed by atoms with Gasteiger partial charge in [0.2, 0.25) is 5.91 Å². The molecule has 0 aliphatic carbocycles. The van der Waals surface area contributed by atoms with E-state index >= 15 is 0 Å². The number of carbonyl (C=O) groups is 1. The predicted octanol–water partition coefficient (Wildman–Crippen LogP) is 4.37. The zero-order valence-corrected chi connectivity index (χ0v) is 15.8. The van der Waals surface area contributed by atoms with Crippen molar-refractivity contribution in [3.63, 3.8) is 0 Å². The van der Waals surface area contributed by atoms with Crippen molar-refractivity contribution < 1.29 is 4.79 Å². The highest BCUT2D eigenvalue weighted by Crippen LogP contribution is 2.17. The number of hydrogen-bond acceptors (Lipinski definition) is 3. The van der Waals surface area contributed by atoms with Gasteiger partial charge in [-0.2, -0.15) is 0 Å². The predicted molar refractivity (Wildman–Crippen MR) is 103 cm³/mol. The largest absolute Gasteiger partial charge is 0.348 e. The number of carbonyl (C=O) groups excluding carboxylic acids is 1. The topological polar surface area (TPSA) is 32.3 Å². The van der Waals surface area contributed by atoms with Gasteiger partial charge in [0.05, 0.1) is 12.6 Å². The van der Waals surface area contributed by atoms with Crippen molar-refractivity contribution in [2.75, 3.05) is 19.8 Å². The Bertz CT molecular complexity index is 675. The van der Waals surface area contributed by atoms with Crippen LogP contribution in [0.25, 0.3) is 0 Å². The van der Waals surface area contributed by atoms with Crippen LogP contribution in [-0.4, -0.2) is 30.7 Å². The molecule has 2 rings (SSSR count). The van der Waals surface area contributed by atoms with Crippen molar-refractivity contribution in [1.29, 1.82) is 0 Å². The van der Waals surface area contributed by atoms with Gasteiger partial charge in [-0.3, -0.25) is 9.69 Å². The van der Waals surface area contributed by atoms with Crippen LogP contribution in [0.15, 0.2) is 53.4 Å². The van der Waals surface area contributed by atoms with E-state index in [0.29, 0.717) is 11.6 Å². The SMILES string of the molecule is CSc1ccc(CN(C)CC(=O)N[C@H](C)c2cccc(Cl)c2)cc1. The molecule has 3 nitrogen and oxygen atoms in total. The fourth-order valence-electron chi connectivity index (χ4n) is 2.49. The molecule has 0 bridgehead atoms. The quantitative estimate of drug-likeness (QED) is 0.742. The van der Waals surface area contributed by atoms with Crippen LogP contribution in [-0.2, 0) is 11.3 Å². The average molecular weight is 363 g/mol. The molecule has 0 spiro atoms. The molecule has 5 heteroatoms. The van der Waals surface area contributed by atoms with Crippen LogP contribution in [0, 0.1) is 0 Å². The molecule has 2 aromatic rings. The summed E-state index contributed by atoms with van der Waals surface area (Å²) < 4.78 is 0. The molecule has 0 aromatic heterocycles. The third-order valence-corrected chi connectivity index (χ3v) is 4.73. The van der Waals surface area contributed by atoms with Gasteiger partial charge in [-0.25, -0.2) is 0 Å². The van der Waals surface area contributed by atoms with Crippen LogP contribution < -0.4 is 5.32 Å². The first kappa shape index (κ1) is 18.8. The second-order valence-corrected chi connectivity index (χ2v) is 7.18. The van der Waals surface area contributed by atoms with Crippen molar-refractivity contribution >= 4 is 29.3 Å². The van der Waals surface area contributed by atoms with Crippen molar-refractivity contribution in [2.45, 2.75) is 24.4 Å². The Morgan fingerprint density at radius 3 is 2.58 bits per heavy atom. The summed E-state index contributed by atoms with van der Waals surface area (Å²) in [5.74, 6) is 0.00529. The molecule has 1 N–H and O–H groups in total. The summed E-state index contributed by atoms with van der Waals surface area (Å²) in [7, 11) is 1.95. The van der Waals surface area contributed by atoms with E-state index in [1.165, 1.54) is 10.5 Å². The lowest BCUT2D eigenvalue weighted by molar-refractivity contribution is -0.122. The minimum atomic E-state index is -0.0644. The molecule has 128 valence electrons. The molecule has 1 amide bonds. The van der Waals surface area contributed by atoms with Crippen molar-refractivity contribution in [3.8, 4) is 0 Å². The first-order chi connectivity index (χ1) is 11.5. The molecular formula is C19H23ClN2OS. The molecule has 0 aliphatic rings. The molecule has 24 heavy (non-hydrogen) atoms. The number of nitrogens with zero attached hydrogens (tertiary/aromatic N) is 1. The maximum atomic E-state index is 12.2. The van der Waals surface area contributed by atoms with Gasteiger partial charge in [-0.1, -0.05) is 35.9 Å². The molecule has 0 fully saturated rings. The van der Waals surface area contributed by atoms with E-state index in [-0.39, 0.29) is 11.9 Å². The standard InChI is InChI=1S/C19H23ClN2OS/c1-14(16-5-4-6-17(20)11-16)21-19(23)13-22(2)12-15-7-9-18(24-3)10-8-15/h4-11,14H,12-13H2,1-3H3,(H,21,23)/t14-/m1/s1. The fourth-order valence-corrected chi connectivity index (χ4v) is 3.10. The fraction of sp³-hybridized carbons (Fsp3) is 0.316. The van der Waals surface area contributed by atoms with Gasteiger partial charge < -0.3 is 5.32 Å². The Morgan fingerprint density at radius 1 is 1.25 bits per heavy atom. The van der Waals surface area contributed by atoms with Crippen molar-refractivity contribution in [2.24, 2.45) is 0 Å². The summed E-state index contributed by atoms with van der Waals surface area (Å²) in [5.41, 5.74) is 2.21. The second-order valence-electron chi connectivity index (χ2n) is 5.86. The summed E-state index contributed by atoms with van der Waals surface area (Å²) in [6.45, 7) is 3.06. The lowest BCUT2D eigenvalue weighted by Crippen LogP contribution is -2.36. The van der Waals surface area contributed by atoms with E-state index in [9.17, 15) is 4.79 Å². The molecule has 0 saturated carbocycles. The maximum absolute atomic E-state index is 12.2. The number of nitrogens with one attached hydrogen (secondary N) is 1. The minimum absolute atomic E-state index is 0.00529. The van der Waals surface area contributed by atoms with Crippen LogP contribution >= 0.6 is 23.4 Å². The van der Waals surface area contributed by atoms with Gasteiger partial charge in [0.15, 0.2) is 0 Å². The summed E-state index contributed by atoms with van der Waals surface area (Å²) >= 11 is 7.72. The maximum Gasteiger partial charge on any atom is 0.234 e. The first-order valence-electron chi connectivity index (χ1n) is 7.84. The Balaban J connectivity index is 1.84. The number of thioether (sulfide) groups is 1. The van der Waals surface area contributed by atoms with Crippen LogP contribution in [0.3, 0.4) is 0 Å². The van der Waals surface area contributed by atoms with Gasteiger partial charge in [0, 0.05) is 16.5 Å². The van der Waals surface area contributed by atoms with E-state index in [2.05, 4.69) is 35.8 Å². The smallest absolute Gasteiger partial charge is 0.234 e. The third-order valence-electron chi connectivity index (χ3n) is 3.75. The van der Waals surface area contributed by atoms with Crippen molar-refractivity contribution in [1.82, 2.24) is 10.2 Å². The number of amides is 1. The molecule has 0 aliphatic heterocycles. The Kier molecular flexibility index (Phi) is 7.16. The second kappa shape index (κ2) is 9.11. The normalized spacial score (nSPS) is 12.2. The van der Waals surface area contributed by atoms with Gasteiger partial charge >= 0.3 is 0 Å². The van der Waals surface area contributed by atoms with Crippen molar-refractivity contribution in [3.05, 3.63) is 64.7 Å². The number of halogens is 1. The van der Waals surface area contributed by atoms with Crippen LogP contribution in [0.2, 0.25) is 5.02 Å². The van der Waals surface area contributed by atoms with E-state index < -0.39 is 0 Å². The van der Waals surface area contributed by atoms with Crippen LogP contribution in [0.1, 0.15) is 24.1 Å². The highest BCUT2D eigenvalue weighted by Gasteiger charge is 2.12. The minimum Gasteiger partial charge on any atom is -0.348 e. The summed E-state index contributed by atoms with van der Waals surface area (Å²) in [6, 6.07) is 15.9.